The number of hydrogen-bond donors (Lipinski definition) is 4. The summed E-state index contributed by atoms with van der Waals surface area (Å²) in [6, 6.07) is 0. The number of rotatable bonds is 6. The predicted molar refractivity (Wildman–Crippen MR) is 103 cm³/mol. The number of carbonyl (C=O) groups is 1. The number of carboxylic acid groups (broad SMARTS) is 1. The van der Waals surface area contributed by atoms with Crippen LogP contribution < -0.4 is 11.1 Å². The Morgan fingerprint density at radius 3 is 2.74 bits per heavy atom. The zero-order valence-electron chi connectivity index (χ0n) is 16.8. The van der Waals surface area contributed by atoms with Crippen molar-refractivity contribution in [3.8, 4) is 0 Å². The van der Waals surface area contributed by atoms with Crippen molar-refractivity contribution in [3.63, 3.8) is 0 Å². The molecule has 0 amide bonds. The number of fused-ring (bicyclic) bond motifs is 1. The Labute approximate surface area is 161 Å². The molecule has 3 rings (SSSR count). The van der Waals surface area contributed by atoms with Gasteiger partial charge in [-0.05, 0) is 55.4 Å². The van der Waals surface area contributed by atoms with E-state index in [1.165, 1.54) is 0 Å². The molecule has 5 N–H and O–H groups in total. The van der Waals surface area contributed by atoms with E-state index < -0.39 is 11.6 Å². The molecule has 3 aliphatic carbocycles. The highest BCUT2D eigenvalue weighted by Gasteiger charge is 2.71. The van der Waals surface area contributed by atoms with E-state index in [1.807, 2.05) is 6.92 Å². The van der Waals surface area contributed by atoms with Gasteiger partial charge in [0.25, 0.3) is 0 Å². The maximum Gasteiger partial charge on any atom is 0.334 e. The van der Waals surface area contributed by atoms with E-state index in [1.54, 1.807) is 7.05 Å². The smallest absolute Gasteiger partial charge is 0.334 e. The highest BCUT2D eigenvalue weighted by atomic mass is 16.5. The fourth-order valence-electron chi connectivity index (χ4n) is 6.36. The average molecular weight is 380 g/mol. The minimum absolute atomic E-state index is 0.0236. The number of nitrogens with one attached hydrogen (secondary N) is 1. The molecule has 0 aromatic heterocycles. The molecule has 0 aromatic rings. The Morgan fingerprint density at radius 1 is 1.44 bits per heavy atom. The lowest BCUT2D eigenvalue weighted by Gasteiger charge is -2.54. The first-order valence-electron chi connectivity index (χ1n) is 9.90. The number of aliphatic carboxylic acids is 1. The van der Waals surface area contributed by atoms with Crippen LogP contribution in [0.1, 0.15) is 46.5 Å². The summed E-state index contributed by atoms with van der Waals surface area (Å²) < 4.78 is 5.52. The number of hydrogen-bond acceptors (Lipinski definition) is 4. The van der Waals surface area contributed by atoms with Gasteiger partial charge < -0.3 is 26.0 Å². The second-order valence-electron chi connectivity index (χ2n) is 8.73. The van der Waals surface area contributed by atoms with Gasteiger partial charge in [-0.3, -0.25) is 4.99 Å². The van der Waals surface area contributed by atoms with Crippen molar-refractivity contribution in [1.82, 2.24) is 5.32 Å². The Balaban J connectivity index is 2.11. The maximum atomic E-state index is 12.2. The third kappa shape index (κ3) is 2.70. The summed E-state index contributed by atoms with van der Waals surface area (Å²) in [5.74, 6) is 0.0141. The van der Waals surface area contributed by atoms with Crippen LogP contribution in [0.2, 0.25) is 0 Å². The second kappa shape index (κ2) is 6.78. The Morgan fingerprint density at radius 2 is 2.15 bits per heavy atom. The topological polar surface area (TPSA) is 117 Å². The fraction of sp³-hybridized carbons (Fsp3) is 0.800. The molecule has 27 heavy (non-hydrogen) atoms. The molecular formula is C20H33N3O4. The van der Waals surface area contributed by atoms with Crippen molar-refractivity contribution in [2.24, 2.45) is 33.4 Å². The van der Waals surface area contributed by atoms with Crippen LogP contribution in [0, 0.1) is 22.7 Å². The van der Waals surface area contributed by atoms with Crippen molar-refractivity contribution in [2.75, 3.05) is 26.8 Å². The van der Waals surface area contributed by atoms with Crippen molar-refractivity contribution < 1.29 is 19.7 Å². The minimum atomic E-state index is -1.45. The number of guanidine groups is 1. The minimum Gasteiger partial charge on any atom is -0.478 e. The molecular weight excluding hydrogens is 346 g/mol. The monoisotopic (exact) mass is 379 g/mol. The predicted octanol–water partition coefficient (Wildman–Crippen LogP) is 1.52. The van der Waals surface area contributed by atoms with Crippen molar-refractivity contribution in [3.05, 3.63) is 11.1 Å². The van der Waals surface area contributed by atoms with Crippen LogP contribution in [-0.2, 0) is 9.53 Å². The molecule has 1 spiro atoms. The fourth-order valence-corrected chi connectivity index (χ4v) is 6.36. The normalized spacial score (nSPS) is 41.0. The van der Waals surface area contributed by atoms with Gasteiger partial charge in [0.05, 0.1) is 12.2 Å². The highest BCUT2D eigenvalue weighted by Crippen LogP contribution is 2.74. The molecule has 3 aliphatic rings. The number of aliphatic hydroxyl groups is 1. The molecule has 2 bridgehead atoms. The molecule has 5 atom stereocenters. The molecule has 0 saturated heterocycles. The molecule has 0 aliphatic heterocycles. The van der Waals surface area contributed by atoms with Gasteiger partial charge in [-0.1, -0.05) is 13.8 Å². The number of carboxylic acids is 1. The van der Waals surface area contributed by atoms with Crippen LogP contribution in [0.15, 0.2) is 16.1 Å². The van der Waals surface area contributed by atoms with Gasteiger partial charge in [0.15, 0.2) is 5.96 Å². The van der Waals surface area contributed by atoms with E-state index in [-0.39, 0.29) is 28.9 Å². The third-order valence-corrected chi connectivity index (χ3v) is 7.67. The van der Waals surface area contributed by atoms with Gasteiger partial charge in [-0.2, -0.15) is 0 Å². The van der Waals surface area contributed by atoms with E-state index in [4.69, 9.17) is 10.5 Å². The van der Waals surface area contributed by atoms with Gasteiger partial charge >= 0.3 is 5.97 Å². The van der Waals surface area contributed by atoms with Crippen LogP contribution in [0.4, 0.5) is 0 Å². The SMILES string of the molecule is CCOC[C@]1(O)C[C@@]23C(=C1C(=O)O)C[C@@H](CC[C@H]2C)[C@@]3(C)CNC(N)=NC. The molecule has 7 heteroatoms. The molecule has 0 radical (unpaired) electrons. The molecule has 2 saturated carbocycles. The van der Waals surface area contributed by atoms with Gasteiger partial charge in [-0.15, -0.1) is 0 Å². The first-order chi connectivity index (χ1) is 12.7. The third-order valence-electron chi connectivity index (χ3n) is 7.67. The molecule has 7 nitrogen and oxygen atoms in total. The number of nitrogens with two attached hydrogens (primary N) is 1. The van der Waals surface area contributed by atoms with Gasteiger partial charge in [0, 0.05) is 25.6 Å². The highest BCUT2D eigenvalue weighted by molar-refractivity contribution is 5.92. The van der Waals surface area contributed by atoms with Gasteiger partial charge in [0.2, 0.25) is 0 Å². The quantitative estimate of drug-likeness (QED) is 0.411. The molecule has 2 fully saturated rings. The summed E-state index contributed by atoms with van der Waals surface area (Å²) in [6.45, 7) is 7.36. The van der Waals surface area contributed by atoms with Crippen LogP contribution in [0.5, 0.6) is 0 Å². The first-order valence-corrected chi connectivity index (χ1v) is 9.90. The summed E-state index contributed by atoms with van der Waals surface area (Å²) in [5, 5.41) is 24.6. The summed E-state index contributed by atoms with van der Waals surface area (Å²) >= 11 is 0. The van der Waals surface area contributed by atoms with Crippen molar-refractivity contribution in [2.45, 2.75) is 52.1 Å². The number of aliphatic imine (C=N–C) groups is 1. The van der Waals surface area contributed by atoms with Crippen LogP contribution in [-0.4, -0.2) is 54.5 Å². The summed E-state index contributed by atoms with van der Waals surface area (Å²) in [6.07, 6.45) is 3.22. The summed E-state index contributed by atoms with van der Waals surface area (Å²) in [7, 11) is 1.64. The Kier molecular flexibility index (Phi) is 5.06. The zero-order valence-corrected chi connectivity index (χ0v) is 16.8. The van der Waals surface area contributed by atoms with Crippen molar-refractivity contribution >= 4 is 11.9 Å². The average Bonchev–Trinajstić information content (AvgIpc) is 2.95. The van der Waals surface area contributed by atoms with Gasteiger partial charge in [0.1, 0.15) is 5.60 Å². The first kappa shape index (κ1) is 20.1. The zero-order chi connectivity index (χ0) is 20.0. The van der Waals surface area contributed by atoms with Crippen molar-refractivity contribution in [1.29, 1.82) is 0 Å². The number of ether oxygens (including phenoxy) is 1. The molecule has 0 unspecified atom stereocenters. The molecule has 0 aromatic carbocycles. The lowest BCUT2D eigenvalue weighted by molar-refractivity contribution is -0.137. The summed E-state index contributed by atoms with van der Waals surface area (Å²) in [5.41, 5.74) is 4.99. The van der Waals surface area contributed by atoms with Crippen LogP contribution in [0.25, 0.3) is 0 Å². The lowest BCUT2D eigenvalue weighted by Crippen LogP contribution is -2.55. The van der Waals surface area contributed by atoms with E-state index in [0.717, 1.165) is 24.8 Å². The molecule has 152 valence electrons. The number of nitrogens with zero attached hydrogens (tertiary/aromatic N) is 1. The number of allylic oxidation sites excluding steroid dienone is 1. The maximum absolute atomic E-state index is 12.2. The summed E-state index contributed by atoms with van der Waals surface area (Å²) in [4.78, 5) is 16.2. The standard InChI is InChI=1S/C20H33N3O4/c1-5-27-11-19(26)9-20-12(2)6-7-13(8-14(20)15(19)16(24)25)18(20,3)10-23-17(21)22-4/h12-13,26H,5-11H2,1-4H3,(H,24,25)(H3,21,22,23)/t12-,13-,18-,19-,20+/m1/s1. The lowest BCUT2D eigenvalue weighted by atomic mass is 9.51. The van der Waals surface area contributed by atoms with E-state index in [2.05, 4.69) is 24.2 Å². The Hall–Kier alpha value is -1.60. The van der Waals surface area contributed by atoms with E-state index in [9.17, 15) is 15.0 Å². The van der Waals surface area contributed by atoms with Crippen LogP contribution >= 0.6 is 0 Å². The van der Waals surface area contributed by atoms with E-state index in [0.29, 0.717) is 31.4 Å². The van der Waals surface area contributed by atoms with Crippen LogP contribution in [0.3, 0.4) is 0 Å². The Bertz CT molecular complexity index is 691. The molecule has 0 heterocycles. The second-order valence-corrected chi connectivity index (χ2v) is 8.73. The van der Waals surface area contributed by atoms with Gasteiger partial charge in [-0.25, -0.2) is 4.79 Å². The van der Waals surface area contributed by atoms with E-state index >= 15 is 0 Å². The largest absolute Gasteiger partial charge is 0.478 e.